The minimum atomic E-state index is 0.259. The normalized spacial score (nSPS) is 11.0. The maximum Gasteiger partial charge on any atom is 0.0713 e. The van der Waals surface area contributed by atoms with Crippen molar-refractivity contribution in [3.05, 3.63) is 30.5 Å². The van der Waals surface area contributed by atoms with E-state index < -0.39 is 0 Å². The first-order valence-electron chi connectivity index (χ1n) is 5.27. The van der Waals surface area contributed by atoms with Crippen molar-refractivity contribution < 1.29 is 5.11 Å². The zero-order chi connectivity index (χ0) is 10.7. The van der Waals surface area contributed by atoms with Crippen LogP contribution in [0.5, 0.6) is 0 Å². The lowest BCUT2D eigenvalue weighted by atomic mass is 10.2. The molecule has 0 fully saturated rings. The number of aromatic nitrogens is 1. The number of para-hydroxylation sites is 1. The monoisotopic (exact) mass is 204 g/mol. The molecule has 2 rings (SSSR count). The summed E-state index contributed by atoms with van der Waals surface area (Å²) in [5.74, 6) is 0. The van der Waals surface area contributed by atoms with E-state index in [9.17, 15) is 0 Å². The Kier molecular flexibility index (Phi) is 2.92. The van der Waals surface area contributed by atoms with Crippen LogP contribution >= 0.6 is 0 Å². The first-order chi connectivity index (χ1) is 7.33. The van der Waals surface area contributed by atoms with Crippen LogP contribution in [0.2, 0.25) is 0 Å². The molecule has 3 heteroatoms. The summed E-state index contributed by atoms with van der Waals surface area (Å²) in [4.78, 5) is 0. The first kappa shape index (κ1) is 10.1. The van der Waals surface area contributed by atoms with Crippen LogP contribution in [-0.4, -0.2) is 16.3 Å². The molecule has 0 amide bonds. The Morgan fingerprint density at radius 1 is 1.20 bits per heavy atom. The van der Waals surface area contributed by atoms with E-state index in [0.717, 1.165) is 30.6 Å². The van der Waals surface area contributed by atoms with Gasteiger partial charge >= 0.3 is 0 Å². The van der Waals surface area contributed by atoms with Crippen molar-refractivity contribution in [3.8, 4) is 0 Å². The van der Waals surface area contributed by atoms with E-state index in [2.05, 4.69) is 22.9 Å². The van der Waals surface area contributed by atoms with Crippen molar-refractivity contribution in [1.29, 1.82) is 0 Å². The fraction of sp³-hybridized carbons (Fsp3) is 0.333. The van der Waals surface area contributed by atoms with Crippen molar-refractivity contribution in [3.63, 3.8) is 0 Å². The molecule has 1 aromatic carbocycles. The largest absolute Gasteiger partial charge is 0.397 e. The fourth-order valence-corrected chi connectivity index (χ4v) is 1.87. The lowest BCUT2D eigenvalue weighted by Gasteiger charge is -2.06. The van der Waals surface area contributed by atoms with Crippen LogP contribution in [0.4, 0.5) is 5.69 Å². The zero-order valence-electron chi connectivity index (χ0n) is 8.69. The van der Waals surface area contributed by atoms with Gasteiger partial charge in [0.25, 0.3) is 0 Å². The number of fused-ring (bicyclic) bond motifs is 1. The van der Waals surface area contributed by atoms with Crippen LogP contribution in [0.15, 0.2) is 30.5 Å². The van der Waals surface area contributed by atoms with Crippen LogP contribution < -0.4 is 5.73 Å². The minimum Gasteiger partial charge on any atom is -0.397 e. The van der Waals surface area contributed by atoms with Gasteiger partial charge in [-0.15, -0.1) is 0 Å². The van der Waals surface area contributed by atoms with Crippen LogP contribution in [0.25, 0.3) is 10.9 Å². The quantitative estimate of drug-likeness (QED) is 0.591. The Labute approximate surface area is 89.1 Å². The summed E-state index contributed by atoms with van der Waals surface area (Å²) in [6.07, 6.45) is 3.87. The maximum atomic E-state index is 8.73. The number of anilines is 1. The molecular weight excluding hydrogens is 188 g/mol. The van der Waals surface area contributed by atoms with Gasteiger partial charge in [-0.05, 0) is 25.0 Å². The molecule has 0 saturated carbocycles. The van der Waals surface area contributed by atoms with E-state index in [-0.39, 0.29) is 6.61 Å². The van der Waals surface area contributed by atoms with Gasteiger partial charge in [-0.3, -0.25) is 0 Å². The van der Waals surface area contributed by atoms with Gasteiger partial charge < -0.3 is 15.4 Å². The molecule has 0 spiro atoms. The third-order valence-electron chi connectivity index (χ3n) is 2.63. The van der Waals surface area contributed by atoms with Crippen LogP contribution in [0.1, 0.15) is 12.8 Å². The van der Waals surface area contributed by atoms with Crippen LogP contribution in [0.3, 0.4) is 0 Å². The molecule has 1 heterocycles. The van der Waals surface area contributed by atoms with Crippen molar-refractivity contribution in [2.75, 3.05) is 12.3 Å². The standard InChI is InChI=1S/C12H16N2O/c13-11-5-3-4-10-6-8-14(12(10)11)7-1-2-9-15/h3-6,8,15H,1-2,7,9,13H2. The number of aliphatic hydroxyl groups is 1. The van der Waals surface area contributed by atoms with E-state index >= 15 is 0 Å². The number of aliphatic hydroxyl groups excluding tert-OH is 1. The molecule has 15 heavy (non-hydrogen) atoms. The van der Waals surface area contributed by atoms with E-state index in [1.54, 1.807) is 0 Å². The second-order valence-electron chi connectivity index (χ2n) is 3.72. The van der Waals surface area contributed by atoms with Crippen molar-refractivity contribution >= 4 is 16.6 Å². The highest BCUT2D eigenvalue weighted by molar-refractivity contribution is 5.90. The number of hydrogen-bond acceptors (Lipinski definition) is 2. The molecule has 0 atom stereocenters. The highest BCUT2D eigenvalue weighted by Crippen LogP contribution is 2.22. The van der Waals surface area contributed by atoms with Gasteiger partial charge in [0, 0.05) is 24.7 Å². The second kappa shape index (κ2) is 4.36. The molecule has 0 aliphatic carbocycles. The van der Waals surface area contributed by atoms with Gasteiger partial charge in [0.05, 0.1) is 11.2 Å². The average molecular weight is 204 g/mol. The van der Waals surface area contributed by atoms with Crippen molar-refractivity contribution in [2.24, 2.45) is 0 Å². The van der Waals surface area contributed by atoms with Crippen LogP contribution in [-0.2, 0) is 6.54 Å². The summed E-state index contributed by atoms with van der Waals surface area (Å²) in [7, 11) is 0. The molecule has 0 bridgehead atoms. The number of nitrogens with zero attached hydrogens (tertiary/aromatic N) is 1. The summed E-state index contributed by atoms with van der Waals surface area (Å²) in [5.41, 5.74) is 7.86. The second-order valence-corrected chi connectivity index (χ2v) is 3.72. The zero-order valence-corrected chi connectivity index (χ0v) is 8.69. The molecule has 80 valence electrons. The van der Waals surface area contributed by atoms with E-state index in [4.69, 9.17) is 10.8 Å². The van der Waals surface area contributed by atoms with Gasteiger partial charge in [-0.2, -0.15) is 0 Å². The number of rotatable bonds is 4. The number of nitrogen functional groups attached to an aromatic ring is 1. The maximum absolute atomic E-state index is 8.73. The highest BCUT2D eigenvalue weighted by atomic mass is 16.2. The van der Waals surface area contributed by atoms with Gasteiger partial charge in [0.15, 0.2) is 0 Å². The lowest BCUT2D eigenvalue weighted by molar-refractivity contribution is 0.281. The number of benzene rings is 1. The SMILES string of the molecule is Nc1cccc2ccn(CCCCO)c12. The third kappa shape index (κ3) is 1.97. The molecular formula is C12H16N2O. The average Bonchev–Trinajstić information content (AvgIpc) is 2.63. The Morgan fingerprint density at radius 2 is 2.07 bits per heavy atom. The third-order valence-corrected chi connectivity index (χ3v) is 2.63. The molecule has 0 aliphatic heterocycles. The highest BCUT2D eigenvalue weighted by Gasteiger charge is 2.03. The van der Waals surface area contributed by atoms with Gasteiger partial charge in [-0.1, -0.05) is 12.1 Å². The van der Waals surface area contributed by atoms with E-state index in [1.807, 2.05) is 12.1 Å². The molecule has 0 saturated heterocycles. The number of unbranched alkanes of at least 4 members (excludes halogenated alkanes) is 1. The van der Waals surface area contributed by atoms with E-state index in [0.29, 0.717) is 0 Å². The molecule has 3 N–H and O–H groups in total. The molecule has 1 aromatic heterocycles. The number of hydrogen-bond donors (Lipinski definition) is 2. The topological polar surface area (TPSA) is 51.2 Å². The summed E-state index contributed by atoms with van der Waals surface area (Å²) >= 11 is 0. The molecule has 0 aliphatic rings. The molecule has 3 nitrogen and oxygen atoms in total. The van der Waals surface area contributed by atoms with Crippen molar-refractivity contribution in [2.45, 2.75) is 19.4 Å². The summed E-state index contributed by atoms with van der Waals surface area (Å²) in [6, 6.07) is 8.03. The van der Waals surface area contributed by atoms with Crippen molar-refractivity contribution in [1.82, 2.24) is 4.57 Å². The Hall–Kier alpha value is -1.48. The Bertz CT molecular complexity index is 448. The van der Waals surface area contributed by atoms with Crippen LogP contribution in [0, 0.1) is 0 Å². The number of nitrogens with two attached hydrogens (primary N) is 1. The summed E-state index contributed by atoms with van der Waals surface area (Å²) in [5, 5.41) is 9.91. The summed E-state index contributed by atoms with van der Waals surface area (Å²) in [6.45, 7) is 1.17. The first-order valence-corrected chi connectivity index (χ1v) is 5.27. The van der Waals surface area contributed by atoms with Gasteiger partial charge in [-0.25, -0.2) is 0 Å². The lowest BCUT2D eigenvalue weighted by Crippen LogP contribution is -1.99. The smallest absolute Gasteiger partial charge is 0.0713 e. The van der Waals surface area contributed by atoms with E-state index in [1.165, 1.54) is 5.39 Å². The Morgan fingerprint density at radius 3 is 2.87 bits per heavy atom. The minimum absolute atomic E-state index is 0.259. The Balaban J connectivity index is 2.27. The predicted octanol–water partition coefficient (Wildman–Crippen LogP) is 2.00. The predicted molar refractivity (Wildman–Crippen MR) is 62.7 cm³/mol. The molecule has 0 unspecified atom stereocenters. The molecule has 0 radical (unpaired) electrons. The fourth-order valence-electron chi connectivity index (χ4n) is 1.87. The number of aryl methyl sites for hydroxylation is 1. The van der Waals surface area contributed by atoms with Gasteiger partial charge in [0.2, 0.25) is 0 Å². The van der Waals surface area contributed by atoms with Gasteiger partial charge in [0.1, 0.15) is 0 Å². The molecule has 2 aromatic rings. The summed E-state index contributed by atoms with van der Waals surface area (Å²) < 4.78 is 2.15.